The average Bonchev–Trinajstić information content (AvgIpc) is 2.85. The van der Waals surface area contributed by atoms with Crippen LogP contribution in [0, 0.1) is 23.7 Å². The van der Waals surface area contributed by atoms with Gasteiger partial charge in [-0.3, -0.25) is 14.4 Å². The van der Waals surface area contributed by atoms with Crippen molar-refractivity contribution in [1.29, 1.82) is 0 Å². The number of aryl methyl sites for hydroxylation is 1. The van der Waals surface area contributed by atoms with Crippen molar-refractivity contribution in [1.82, 2.24) is 5.32 Å². The Balaban J connectivity index is 0.00000280. The quantitative estimate of drug-likeness (QED) is 0.290. The highest BCUT2D eigenvalue weighted by Gasteiger charge is 2.41. The van der Waals surface area contributed by atoms with E-state index in [1.807, 2.05) is 25.1 Å². The number of piperidine rings is 1. The molecule has 2 aliphatic carbocycles. The molecule has 0 aromatic heterocycles. The number of benzene rings is 1. The van der Waals surface area contributed by atoms with E-state index >= 15 is 0 Å². The molecule has 1 fully saturated rings. The van der Waals surface area contributed by atoms with Crippen LogP contribution in [-0.4, -0.2) is 72.1 Å². The van der Waals surface area contributed by atoms with Gasteiger partial charge in [-0.05, 0) is 86.6 Å². The lowest BCUT2D eigenvalue weighted by Gasteiger charge is -2.35. The standard InChI is InChI=1S/C29H41N3O6.H2O.2H2/c1-32(2)22-13-18(5-3-4-16-6-8-31-9-7-16)27(36)25-20(22)11-17(12-23(25)34)10-19-14-24(35)26(29(30)38)28(37)21(19)15-33;;;/h13,16-17,19,21,31,33,36-37H,3-12,14-15H2,1-2H3,(H2,30,38);1H2;2*1H. The first-order valence-corrected chi connectivity index (χ1v) is 13.8. The number of carbonyl (C=O) groups is 3. The number of aliphatic hydroxyl groups is 2. The number of rotatable bonds is 9. The van der Waals surface area contributed by atoms with Gasteiger partial charge in [0.15, 0.2) is 11.6 Å². The Morgan fingerprint density at radius 3 is 2.41 bits per heavy atom. The number of aromatic hydroxyl groups is 1. The van der Waals surface area contributed by atoms with Crippen LogP contribution >= 0.6 is 0 Å². The van der Waals surface area contributed by atoms with Crippen LogP contribution in [0.25, 0.3) is 0 Å². The molecule has 0 spiro atoms. The number of Topliss-reactive ketones (excluding diaryl/α,β-unsaturated/α-hetero) is 2. The Morgan fingerprint density at radius 2 is 1.79 bits per heavy atom. The first-order chi connectivity index (χ1) is 18.1. The van der Waals surface area contributed by atoms with E-state index in [-0.39, 0.29) is 38.6 Å². The fourth-order valence-electron chi connectivity index (χ4n) is 6.70. The van der Waals surface area contributed by atoms with Gasteiger partial charge >= 0.3 is 0 Å². The molecule has 10 nitrogen and oxygen atoms in total. The summed E-state index contributed by atoms with van der Waals surface area (Å²) in [7, 11) is 3.85. The molecule has 0 saturated carbocycles. The molecule has 0 radical (unpaired) electrons. The summed E-state index contributed by atoms with van der Waals surface area (Å²) >= 11 is 0. The summed E-state index contributed by atoms with van der Waals surface area (Å²) in [5.74, 6) is -2.65. The summed E-state index contributed by atoms with van der Waals surface area (Å²) in [4.78, 5) is 39.5. The van der Waals surface area contributed by atoms with E-state index in [0.29, 0.717) is 24.3 Å². The van der Waals surface area contributed by atoms with Crippen LogP contribution in [0.5, 0.6) is 5.75 Å². The largest absolute Gasteiger partial charge is 0.511 e. The molecule has 0 bridgehead atoms. The molecule has 3 atom stereocenters. The molecular formula is C29H47N3O7. The lowest BCUT2D eigenvalue weighted by atomic mass is 9.70. The molecule has 1 aromatic carbocycles. The zero-order chi connectivity index (χ0) is 27.6. The number of hydrogen-bond donors (Lipinski definition) is 5. The number of phenolic OH excluding ortho intramolecular Hbond substituents is 1. The predicted octanol–water partition coefficient (Wildman–Crippen LogP) is 2.08. The molecule has 1 aromatic rings. The van der Waals surface area contributed by atoms with Crippen LogP contribution in [-0.2, 0) is 22.4 Å². The van der Waals surface area contributed by atoms with E-state index in [2.05, 4.69) is 5.32 Å². The molecule has 10 heteroatoms. The van der Waals surface area contributed by atoms with Crippen molar-refractivity contribution in [3.63, 3.8) is 0 Å². The third-order valence-electron chi connectivity index (χ3n) is 8.69. The molecule has 1 amide bonds. The molecule has 1 saturated heterocycles. The Morgan fingerprint density at radius 1 is 1.10 bits per heavy atom. The number of nitrogens with two attached hydrogens (primary N) is 1. The number of ketones is 2. The molecule has 1 aliphatic heterocycles. The summed E-state index contributed by atoms with van der Waals surface area (Å²) in [5, 5.41) is 35.0. The van der Waals surface area contributed by atoms with Gasteiger partial charge in [-0.2, -0.15) is 0 Å². The number of carbonyl (C=O) groups excluding carboxylic acids is 3. The van der Waals surface area contributed by atoms with Gasteiger partial charge in [-0.25, -0.2) is 0 Å². The number of nitrogens with one attached hydrogen (secondary N) is 1. The molecule has 3 unspecified atom stereocenters. The second kappa shape index (κ2) is 12.9. The lowest BCUT2D eigenvalue weighted by Crippen LogP contribution is -2.37. The molecule has 3 aliphatic rings. The van der Waals surface area contributed by atoms with Gasteiger partial charge in [-0.1, -0.05) is 6.42 Å². The fourth-order valence-corrected chi connectivity index (χ4v) is 6.70. The summed E-state index contributed by atoms with van der Waals surface area (Å²) < 4.78 is 0. The maximum absolute atomic E-state index is 13.4. The summed E-state index contributed by atoms with van der Waals surface area (Å²) in [6, 6.07) is 2.00. The Labute approximate surface area is 232 Å². The van der Waals surface area contributed by atoms with Crippen LogP contribution in [0.4, 0.5) is 5.69 Å². The van der Waals surface area contributed by atoms with Crippen molar-refractivity contribution in [3.8, 4) is 5.75 Å². The monoisotopic (exact) mass is 549 g/mol. The minimum absolute atomic E-state index is 0. The third kappa shape index (κ3) is 6.45. The van der Waals surface area contributed by atoms with E-state index in [1.165, 1.54) is 12.8 Å². The number of phenols is 1. The lowest BCUT2D eigenvalue weighted by molar-refractivity contribution is -0.123. The number of primary amides is 1. The first kappa shape index (κ1) is 30.6. The fraction of sp³-hybridized carbons (Fsp3) is 0.621. The number of hydrogen-bond acceptors (Lipinski definition) is 8. The van der Waals surface area contributed by atoms with E-state index in [0.717, 1.165) is 49.2 Å². The second-order valence-electron chi connectivity index (χ2n) is 11.5. The van der Waals surface area contributed by atoms with E-state index in [4.69, 9.17) is 5.73 Å². The molecule has 4 rings (SSSR count). The van der Waals surface area contributed by atoms with Crippen molar-refractivity contribution in [2.24, 2.45) is 29.4 Å². The van der Waals surface area contributed by atoms with Crippen molar-refractivity contribution in [3.05, 3.63) is 34.1 Å². The molecule has 220 valence electrons. The van der Waals surface area contributed by atoms with Crippen molar-refractivity contribution < 1.29 is 38.0 Å². The molecule has 1 heterocycles. The second-order valence-corrected chi connectivity index (χ2v) is 11.5. The predicted molar refractivity (Wildman–Crippen MR) is 152 cm³/mol. The average molecular weight is 550 g/mol. The van der Waals surface area contributed by atoms with Gasteiger partial charge in [0.1, 0.15) is 17.1 Å². The highest BCUT2D eigenvalue weighted by Crippen LogP contribution is 2.44. The maximum atomic E-state index is 13.4. The third-order valence-corrected chi connectivity index (χ3v) is 8.69. The van der Waals surface area contributed by atoms with Crippen LogP contribution in [0.3, 0.4) is 0 Å². The van der Waals surface area contributed by atoms with Crippen LogP contribution in [0.2, 0.25) is 0 Å². The van der Waals surface area contributed by atoms with Crippen molar-refractivity contribution in [2.45, 2.75) is 57.8 Å². The number of nitrogens with zero attached hydrogens (tertiary/aromatic N) is 1. The molecular weight excluding hydrogens is 502 g/mol. The summed E-state index contributed by atoms with van der Waals surface area (Å²) in [6.07, 6.45) is 6.29. The zero-order valence-corrected chi connectivity index (χ0v) is 23.0. The van der Waals surface area contributed by atoms with Gasteiger partial charge < -0.3 is 36.7 Å². The number of amides is 1. The van der Waals surface area contributed by atoms with Gasteiger partial charge in [0.2, 0.25) is 0 Å². The van der Waals surface area contributed by atoms with Crippen molar-refractivity contribution >= 4 is 23.2 Å². The normalized spacial score (nSPS) is 23.8. The van der Waals surface area contributed by atoms with E-state index in [9.17, 15) is 29.7 Å². The first-order valence-electron chi connectivity index (χ1n) is 13.8. The van der Waals surface area contributed by atoms with Gasteiger partial charge in [0.25, 0.3) is 5.91 Å². The minimum Gasteiger partial charge on any atom is -0.511 e. The highest BCUT2D eigenvalue weighted by molar-refractivity contribution is 6.19. The minimum atomic E-state index is -0.996. The van der Waals surface area contributed by atoms with Crippen molar-refractivity contribution in [2.75, 3.05) is 38.7 Å². The topological polar surface area (TPSA) is 185 Å². The highest BCUT2D eigenvalue weighted by atomic mass is 16.3. The Bertz CT molecular complexity index is 1140. The Kier molecular flexibility index (Phi) is 10.1. The molecule has 8 N–H and O–H groups in total. The Hall–Kier alpha value is -2.95. The van der Waals surface area contributed by atoms with Gasteiger partial charge in [0, 0.05) is 41.4 Å². The van der Waals surface area contributed by atoms with Gasteiger partial charge in [0.05, 0.1) is 12.2 Å². The number of fused-ring (bicyclic) bond motifs is 1. The maximum Gasteiger partial charge on any atom is 0.255 e. The zero-order valence-electron chi connectivity index (χ0n) is 23.0. The molecule has 39 heavy (non-hydrogen) atoms. The van der Waals surface area contributed by atoms with E-state index in [1.54, 1.807) is 0 Å². The van der Waals surface area contributed by atoms with Crippen LogP contribution < -0.4 is 16.0 Å². The summed E-state index contributed by atoms with van der Waals surface area (Å²) in [5.41, 5.74) is 7.76. The number of anilines is 1. The SMILES string of the molecule is CN(C)c1cc(CCCC2CCNCC2)c(O)c2c1CC(CC1CC(=O)C(C(N)=O)=C(O)C1CO)CC2=O.O.[HH].[HH]. The van der Waals surface area contributed by atoms with Crippen LogP contribution in [0.15, 0.2) is 17.4 Å². The van der Waals surface area contributed by atoms with E-state index < -0.39 is 41.5 Å². The smallest absolute Gasteiger partial charge is 0.255 e. The van der Waals surface area contributed by atoms with Crippen LogP contribution in [0.1, 0.15) is 69.3 Å². The number of aliphatic hydroxyl groups excluding tert-OH is 2. The summed E-state index contributed by atoms with van der Waals surface area (Å²) in [6.45, 7) is 1.69. The van der Waals surface area contributed by atoms with Gasteiger partial charge in [-0.15, -0.1) is 0 Å².